The normalized spacial score (nSPS) is 12.9. The van der Waals surface area contributed by atoms with Gasteiger partial charge in [0.1, 0.15) is 6.61 Å². The standard InChI is InChI=1S/C10H22N2O2/c1-4-5-9(6-11)12-10(13)7-14-8(2)3/h8-9H,4-7,11H2,1-3H3,(H,12,13). The van der Waals surface area contributed by atoms with Gasteiger partial charge in [0, 0.05) is 12.6 Å². The van der Waals surface area contributed by atoms with E-state index in [1.165, 1.54) is 0 Å². The van der Waals surface area contributed by atoms with Crippen LogP contribution in [0.25, 0.3) is 0 Å². The second kappa shape index (κ2) is 7.76. The predicted octanol–water partition coefficient (Wildman–Crippen LogP) is 0.655. The van der Waals surface area contributed by atoms with Crippen molar-refractivity contribution in [3.8, 4) is 0 Å². The second-order valence-electron chi connectivity index (χ2n) is 3.65. The first kappa shape index (κ1) is 13.4. The SMILES string of the molecule is CCCC(CN)NC(=O)COC(C)C. The molecular weight excluding hydrogens is 180 g/mol. The first-order chi connectivity index (χ1) is 6.60. The van der Waals surface area contributed by atoms with Gasteiger partial charge >= 0.3 is 0 Å². The molecule has 4 nitrogen and oxygen atoms in total. The Morgan fingerprint density at radius 1 is 1.50 bits per heavy atom. The van der Waals surface area contributed by atoms with E-state index in [0.29, 0.717) is 6.54 Å². The molecular formula is C10H22N2O2. The van der Waals surface area contributed by atoms with Crippen LogP contribution in [-0.4, -0.2) is 31.2 Å². The lowest BCUT2D eigenvalue weighted by Gasteiger charge is -2.16. The summed E-state index contributed by atoms with van der Waals surface area (Å²) in [5.74, 6) is -0.0809. The number of carbonyl (C=O) groups is 1. The van der Waals surface area contributed by atoms with Crippen molar-refractivity contribution in [1.29, 1.82) is 0 Å². The second-order valence-corrected chi connectivity index (χ2v) is 3.65. The van der Waals surface area contributed by atoms with Crippen molar-refractivity contribution >= 4 is 5.91 Å². The van der Waals surface area contributed by atoms with Gasteiger partial charge in [-0.05, 0) is 20.3 Å². The Morgan fingerprint density at radius 2 is 2.14 bits per heavy atom. The van der Waals surface area contributed by atoms with E-state index in [4.69, 9.17) is 10.5 Å². The molecule has 3 N–H and O–H groups in total. The highest BCUT2D eigenvalue weighted by Gasteiger charge is 2.09. The molecule has 84 valence electrons. The molecule has 0 fully saturated rings. The quantitative estimate of drug-likeness (QED) is 0.637. The van der Waals surface area contributed by atoms with Gasteiger partial charge < -0.3 is 15.8 Å². The molecule has 1 unspecified atom stereocenters. The highest BCUT2D eigenvalue weighted by atomic mass is 16.5. The fraction of sp³-hybridized carbons (Fsp3) is 0.900. The molecule has 0 radical (unpaired) electrons. The molecule has 0 heterocycles. The third kappa shape index (κ3) is 6.86. The van der Waals surface area contributed by atoms with Crippen LogP contribution in [0.1, 0.15) is 33.6 Å². The van der Waals surface area contributed by atoms with Crippen molar-refractivity contribution in [2.24, 2.45) is 5.73 Å². The number of hydrogen-bond acceptors (Lipinski definition) is 3. The maximum Gasteiger partial charge on any atom is 0.246 e. The molecule has 0 aromatic carbocycles. The molecule has 14 heavy (non-hydrogen) atoms. The smallest absolute Gasteiger partial charge is 0.246 e. The number of nitrogens with two attached hydrogens (primary N) is 1. The molecule has 0 saturated carbocycles. The molecule has 0 aromatic rings. The van der Waals surface area contributed by atoms with E-state index in [2.05, 4.69) is 12.2 Å². The molecule has 0 aliphatic heterocycles. The fourth-order valence-corrected chi connectivity index (χ4v) is 1.11. The molecule has 0 bridgehead atoms. The summed E-state index contributed by atoms with van der Waals surface area (Å²) >= 11 is 0. The summed E-state index contributed by atoms with van der Waals surface area (Å²) < 4.78 is 5.17. The van der Waals surface area contributed by atoms with Crippen LogP contribution < -0.4 is 11.1 Å². The third-order valence-electron chi connectivity index (χ3n) is 1.83. The van der Waals surface area contributed by atoms with E-state index in [0.717, 1.165) is 12.8 Å². The number of rotatable bonds is 7. The third-order valence-corrected chi connectivity index (χ3v) is 1.83. The molecule has 1 amide bonds. The predicted molar refractivity (Wildman–Crippen MR) is 57.0 cm³/mol. The van der Waals surface area contributed by atoms with Crippen molar-refractivity contribution in [3.63, 3.8) is 0 Å². The largest absolute Gasteiger partial charge is 0.369 e. The zero-order chi connectivity index (χ0) is 11.0. The van der Waals surface area contributed by atoms with Gasteiger partial charge in [-0.15, -0.1) is 0 Å². The van der Waals surface area contributed by atoms with Crippen molar-refractivity contribution in [3.05, 3.63) is 0 Å². The van der Waals surface area contributed by atoms with E-state index < -0.39 is 0 Å². The first-order valence-electron chi connectivity index (χ1n) is 5.21. The Hall–Kier alpha value is -0.610. The molecule has 4 heteroatoms. The Labute approximate surface area is 86.2 Å². The molecule has 0 aromatic heterocycles. The van der Waals surface area contributed by atoms with Gasteiger partial charge in [0.25, 0.3) is 0 Å². The monoisotopic (exact) mass is 202 g/mol. The summed E-state index contributed by atoms with van der Waals surface area (Å²) in [5, 5.41) is 2.83. The number of amides is 1. The van der Waals surface area contributed by atoms with Crippen LogP contribution in [0.4, 0.5) is 0 Å². The summed E-state index contributed by atoms with van der Waals surface area (Å²) in [6, 6.07) is 0.0864. The van der Waals surface area contributed by atoms with Crippen molar-refractivity contribution in [2.45, 2.75) is 45.8 Å². The Kier molecular flexibility index (Phi) is 7.42. The number of nitrogens with one attached hydrogen (secondary N) is 1. The highest BCUT2D eigenvalue weighted by Crippen LogP contribution is 1.94. The van der Waals surface area contributed by atoms with Gasteiger partial charge in [0.2, 0.25) is 5.91 Å². The Bertz CT molecular complexity index is 160. The van der Waals surface area contributed by atoms with Gasteiger partial charge in [0.05, 0.1) is 6.10 Å². The summed E-state index contributed by atoms with van der Waals surface area (Å²) in [5.41, 5.74) is 5.51. The van der Waals surface area contributed by atoms with E-state index in [-0.39, 0.29) is 24.7 Å². The van der Waals surface area contributed by atoms with Crippen molar-refractivity contribution in [2.75, 3.05) is 13.2 Å². The van der Waals surface area contributed by atoms with Crippen LogP contribution in [0.5, 0.6) is 0 Å². The van der Waals surface area contributed by atoms with E-state index in [9.17, 15) is 4.79 Å². The number of ether oxygens (including phenoxy) is 1. The van der Waals surface area contributed by atoms with Crippen LogP contribution in [0.3, 0.4) is 0 Å². The average molecular weight is 202 g/mol. The van der Waals surface area contributed by atoms with Crippen molar-refractivity contribution in [1.82, 2.24) is 5.32 Å². The average Bonchev–Trinajstić information content (AvgIpc) is 2.14. The lowest BCUT2D eigenvalue weighted by Crippen LogP contribution is -2.42. The maximum atomic E-state index is 11.3. The van der Waals surface area contributed by atoms with Crippen LogP contribution in [0, 0.1) is 0 Å². The maximum absolute atomic E-state index is 11.3. The molecule has 0 spiro atoms. The van der Waals surface area contributed by atoms with Crippen LogP contribution in [0.15, 0.2) is 0 Å². The van der Waals surface area contributed by atoms with Gasteiger partial charge in [-0.1, -0.05) is 13.3 Å². The number of hydrogen-bond donors (Lipinski definition) is 2. The molecule has 0 rings (SSSR count). The van der Waals surface area contributed by atoms with Gasteiger partial charge in [-0.3, -0.25) is 4.79 Å². The topological polar surface area (TPSA) is 64.3 Å². The van der Waals surface area contributed by atoms with E-state index in [1.54, 1.807) is 0 Å². The molecule has 0 aliphatic rings. The highest BCUT2D eigenvalue weighted by molar-refractivity contribution is 5.77. The lowest BCUT2D eigenvalue weighted by molar-refractivity contribution is -0.127. The minimum atomic E-state index is -0.0809. The summed E-state index contributed by atoms with van der Waals surface area (Å²) in [7, 11) is 0. The van der Waals surface area contributed by atoms with Crippen molar-refractivity contribution < 1.29 is 9.53 Å². The summed E-state index contributed by atoms with van der Waals surface area (Å²) in [6.45, 7) is 6.48. The summed E-state index contributed by atoms with van der Waals surface area (Å²) in [4.78, 5) is 11.3. The zero-order valence-electron chi connectivity index (χ0n) is 9.38. The van der Waals surface area contributed by atoms with Crippen LogP contribution in [0.2, 0.25) is 0 Å². The van der Waals surface area contributed by atoms with Gasteiger partial charge in [0.15, 0.2) is 0 Å². The minimum Gasteiger partial charge on any atom is -0.369 e. The first-order valence-corrected chi connectivity index (χ1v) is 5.21. The Morgan fingerprint density at radius 3 is 2.57 bits per heavy atom. The van der Waals surface area contributed by atoms with Gasteiger partial charge in [-0.2, -0.15) is 0 Å². The van der Waals surface area contributed by atoms with Crippen LogP contribution in [-0.2, 0) is 9.53 Å². The van der Waals surface area contributed by atoms with E-state index in [1.807, 2.05) is 13.8 Å². The van der Waals surface area contributed by atoms with Gasteiger partial charge in [-0.25, -0.2) is 0 Å². The summed E-state index contributed by atoms with van der Waals surface area (Å²) in [6.07, 6.45) is 2.03. The molecule has 0 saturated heterocycles. The zero-order valence-corrected chi connectivity index (χ0v) is 9.38. The van der Waals surface area contributed by atoms with E-state index >= 15 is 0 Å². The Balaban J connectivity index is 3.67. The molecule has 1 atom stereocenters. The fourth-order valence-electron chi connectivity index (χ4n) is 1.11. The van der Waals surface area contributed by atoms with Crippen LogP contribution >= 0.6 is 0 Å². The minimum absolute atomic E-state index is 0.0809. The molecule has 0 aliphatic carbocycles. The lowest BCUT2D eigenvalue weighted by atomic mass is 10.2. The number of carbonyl (C=O) groups excluding carboxylic acids is 1.